The summed E-state index contributed by atoms with van der Waals surface area (Å²) in [7, 11) is -4.11. The van der Waals surface area contributed by atoms with Gasteiger partial charge in [0.15, 0.2) is 0 Å². The molecule has 0 spiro atoms. The molecule has 0 aliphatic carbocycles. The van der Waals surface area contributed by atoms with E-state index in [1.807, 2.05) is 40.7 Å². The van der Waals surface area contributed by atoms with Crippen molar-refractivity contribution in [3.05, 3.63) is 94.5 Å². The van der Waals surface area contributed by atoms with Crippen molar-refractivity contribution in [2.75, 3.05) is 10.8 Å². The minimum absolute atomic E-state index is 0.0311. The highest BCUT2D eigenvalue weighted by Gasteiger charge is 2.33. The van der Waals surface area contributed by atoms with E-state index in [0.717, 1.165) is 15.4 Å². The molecule has 1 atom stereocenters. The van der Waals surface area contributed by atoms with Crippen LogP contribution < -0.4 is 9.62 Å². The van der Waals surface area contributed by atoms with Crippen LogP contribution in [-0.4, -0.2) is 43.3 Å². The maximum Gasteiger partial charge on any atom is 0.264 e. The minimum Gasteiger partial charge on any atom is -0.350 e. The molecule has 0 radical (unpaired) electrons. The average molecular weight is 570 g/mol. The summed E-state index contributed by atoms with van der Waals surface area (Å²) < 4.78 is 28.8. The van der Waals surface area contributed by atoms with E-state index in [1.165, 1.54) is 17.0 Å². The van der Waals surface area contributed by atoms with Crippen molar-refractivity contribution in [2.24, 2.45) is 0 Å². The summed E-state index contributed by atoms with van der Waals surface area (Å²) in [6.45, 7) is 10.5. The van der Waals surface area contributed by atoms with Gasteiger partial charge in [0.1, 0.15) is 12.6 Å². The first-order valence-electron chi connectivity index (χ1n) is 12.7. The van der Waals surface area contributed by atoms with Gasteiger partial charge in [0.05, 0.1) is 10.6 Å². The molecule has 3 rings (SSSR count). The Bertz CT molecular complexity index is 1440. The third-order valence-corrected chi connectivity index (χ3v) is 8.51. The Kier molecular flexibility index (Phi) is 9.46. The summed E-state index contributed by atoms with van der Waals surface area (Å²) in [5.74, 6) is -0.893. The average Bonchev–Trinajstić information content (AvgIpc) is 2.87. The van der Waals surface area contributed by atoms with Gasteiger partial charge in [0.2, 0.25) is 11.8 Å². The number of carbonyl (C=O) groups excluding carboxylic acids is 2. The van der Waals surface area contributed by atoms with Gasteiger partial charge in [0.25, 0.3) is 10.0 Å². The molecule has 0 aliphatic heterocycles. The number of sulfonamides is 1. The largest absolute Gasteiger partial charge is 0.350 e. The molecular formula is C30H36ClN3O4S. The van der Waals surface area contributed by atoms with E-state index < -0.39 is 34.1 Å². The van der Waals surface area contributed by atoms with Crippen LogP contribution in [0.4, 0.5) is 5.69 Å². The van der Waals surface area contributed by atoms with Crippen molar-refractivity contribution in [1.29, 1.82) is 0 Å². The SMILES string of the molecule is Cc1ccc(N(CC(=O)N(Cc2ccccc2Cl)[C@@H](C)C(=O)NC(C)(C)C)S(=O)(=O)c2ccccc2)cc1C. The second kappa shape index (κ2) is 12.2. The second-order valence-electron chi connectivity index (χ2n) is 10.6. The van der Waals surface area contributed by atoms with Crippen LogP contribution in [0.3, 0.4) is 0 Å². The number of hydrogen-bond acceptors (Lipinski definition) is 4. The molecule has 0 saturated heterocycles. The summed E-state index contributed by atoms with van der Waals surface area (Å²) in [5.41, 5.74) is 2.37. The topological polar surface area (TPSA) is 86.8 Å². The van der Waals surface area contributed by atoms with Crippen LogP contribution in [0.1, 0.15) is 44.4 Å². The molecule has 7 nitrogen and oxygen atoms in total. The van der Waals surface area contributed by atoms with Crippen molar-refractivity contribution < 1.29 is 18.0 Å². The number of anilines is 1. The van der Waals surface area contributed by atoms with E-state index in [-0.39, 0.29) is 17.3 Å². The predicted molar refractivity (Wildman–Crippen MR) is 156 cm³/mol. The van der Waals surface area contributed by atoms with E-state index in [0.29, 0.717) is 16.3 Å². The molecule has 3 aromatic carbocycles. The van der Waals surface area contributed by atoms with Crippen molar-refractivity contribution in [2.45, 2.75) is 64.6 Å². The van der Waals surface area contributed by atoms with Crippen LogP contribution in [0.15, 0.2) is 77.7 Å². The molecule has 2 amide bonds. The fourth-order valence-corrected chi connectivity index (χ4v) is 5.62. The highest BCUT2D eigenvalue weighted by Crippen LogP contribution is 2.27. The lowest BCUT2D eigenvalue weighted by atomic mass is 10.1. The van der Waals surface area contributed by atoms with E-state index >= 15 is 0 Å². The molecule has 1 N–H and O–H groups in total. The van der Waals surface area contributed by atoms with Crippen LogP contribution in [0, 0.1) is 13.8 Å². The zero-order chi connectivity index (χ0) is 29.0. The Morgan fingerprint density at radius 1 is 0.923 bits per heavy atom. The number of carbonyl (C=O) groups is 2. The highest BCUT2D eigenvalue weighted by molar-refractivity contribution is 7.92. The van der Waals surface area contributed by atoms with Gasteiger partial charge in [-0.05, 0) is 88.6 Å². The molecule has 0 bridgehead atoms. The molecule has 3 aromatic rings. The molecule has 0 aromatic heterocycles. The Morgan fingerprint density at radius 3 is 2.13 bits per heavy atom. The predicted octanol–water partition coefficient (Wildman–Crippen LogP) is 5.48. The maximum atomic E-state index is 14.0. The summed E-state index contributed by atoms with van der Waals surface area (Å²) in [6.07, 6.45) is 0. The summed E-state index contributed by atoms with van der Waals surface area (Å²) in [4.78, 5) is 28.6. The first-order valence-corrected chi connectivity index (χ1v) is 14.5. The molecular weight excluding hydrogens is 534 g/mol. The molecule has 0 aliphatic rings. The van der Waals surface area contributed by atoms with E-state index in [1.54, 1.807) is 61.5 Å². The van der Waals surface area contributed by atoms with Crippen molar-refractivity contribution >= 4 is 39.1 Å². The van der Waals surface area contributed by atoms with Gasteiger partial charge in [0, 0.05) is 17.1 Å². The van der Waals surface area contributed by atoms with E-state index in [2.05, 4.69) is 5.32 Å². The molecule has 9 heteroatoms. The van der Waals surface area contributed by atoms with Gasteiger partial charge in [-0.25, -0.2) is 8.42 Å². The summed E-state index contributed by atoms with van der Waals surface area (Å²) >= 11 is 6.41. The summed E-state index contributed by atoms with van der Waals surface area (Å²) in [5, 5.41) is 3.36. The molecule has 0 heterocycles. The fraction of sp³-hybridized carbons (Fsp3) is 0.333. The van der Waals surface area contributed by atoms with Gasteiger partial charge >= 0.3 is 0 Å². The lowest BCUT2D eigenvalue weighted by Gasteiger charge is -2.33. The third-order valence-electron chi connectivity index (χ3n) is 6.35. The number of rotatable bonds is 9. The Balaban J connectivity index is 2.06. The number of hydrogen-bond donors (Lipinski definition) is 1. The zero-order valence-corrected chi connectivity index (χ0v) is 24.8. The monoisotopic (exact) mass is 569 g/mol. The van der Waals surface area contributed by atoms with Crippen LogP contribution in [-0.2, 0) is 26.2 Å². The zero-order valence-electron chi connectivity index (χ0n) is 23.2. The molecule has 39 heavy (non-hydrogen) atoms. The molecule has 0 saturated carbocycles. The Labute approximate surface area is 236 Å². The highest BCUT2D eigenvalue weighted by atomic mass is 35.5. The number of halogens is 1. The van der Waals surface area contributed by atoms with E-state index in [4.69, 9.17) is 11.6 Å². The Morgan fingerprint density at radius 2 is 1.54 bits per heavy atom. The van der Waals surface area contributed by atoms with Crippen LogP contribution in [0.5, 0.6) is 0 Å². The van der Waals surface area contributed by atoms with Crippen LogP contribution in [0.2, 0.25) is 5.02 Å². The van der Waals surface area contributed by atoms with Crippen molar-refractivity contribution in [3.63, 3.8) is 0 Å². The summed E-state index contributed by atoms with van der Waals surface area (Å²) in [6, 6.07) is 19.4. The number of benzene rings is 3. The maximum absolute atomic E-state index is 14.0. The lowest BCUT2D eigenvalue weighted by molar-refractivity contribution is -0.140. The second-order valence-corrected chi connectivity index (χ2v) is 12.9. The number of nitrogens with zero attached hydrogens (tertiary/aromatic N) is 2. The molecule has 0 fully saturated rings. The van der Waals surface area contributed by atoms with Crippen molar-refractivity contribution in [3.8, 4) is 0 Å². The first kappa shape index (κ1) is 30.2. The van der Waals surface area contributed by atoms with Gasteiger partial charge in [-0.3, -0.25) is 13.9 Å². The van der Waals surface area contributed by atoms with E-state index in [9.17, 15) is 18.0 Å². The normalized spacial score (nSPS) is 12.5. The molecule has 0 unspecified atom stereocenters. The number of aryl methyl sites for hydroxylation is 2. The fourth-order valence-electron chi connectivity index (χ4n) is 4.00. The Hall–Kier alpha value is -3.36. The standard InChI is InChI=1S/C30H36ClN3O4S/c1-21-16-17-25(18-22(21)2)34(39(37,38)26-13-8-7-9-14-26)20-28(35)33(19-24-12-10-11-15-27(24)31)23(3)29(36)32-30(4,5)6/h7-18,23H,19-20H2,1-6H3,(H,32,36)/t23-/m0/s1. The van der Waals surface area contributed by atoms with Gasteiger partial charge < -0.3 is 10.2 Å². The lowest BCUT2D eigenvalue weighted by Crippen LogP contribution is -2.54. The van der Waals surface area contributed by atoms with Crippen LogP contribution in [0.25, 0.3) is 0 Å². The number of nitrogens with one attached hydrogen (secondary N) is 1. The smallest absolute Gasteiger partial charge is 0.264 e. The van der Waals surface area contributed by atoms with Crippen molar-refractivity contribution in [1.82, 2.24) is 10.2 Å². The van der Waals surface area contributed by atoms with Crippen LogP contribution >= 0.6 is 11.6 Å². The van der Waals surface area contributed by atoms with Gasteiger partial charge in [-0.2, -0.15) is 0 Å². The first-order chi connectivity index (χ1) is 18.2. The number of amides is 2. The quantitative estimate of drug-likeness (QED) is 0.369. The van der Waals surface area contributed by atoms with Gasteiger partial charge in [-0.1, -0.05) is 54.1 Å². The minimum atomic E-state index is -4.11. The molecule has 208 valence electrons. The third kappa shape index (κ3) is 7.61. The van der Waals surface area contributed by atoms with Gasteiger partial charge in [-0.15, -0.1) is 0 Å².